The van der Waals surface area contributed by atoms with Gasteiger partial charge in [-0.1, -0.05) is 33.6 Å². The van der Waals surface area contributed by atoms with Crippen LogP contribution in [-0.2, 0) is 9.53 Å². The first kappa shape index (κ1) is 16.2. The molecule has 0 radical (unpaired) electrons. The molecule has 1 amide bonds. The van der Waals surface area contributed by atoms with E-state index in [1.54, 1.807) is 43.3 Å². The van der Waals surface area contributed by atoms with E-state index in [0.29, 0.717) is 11.3 Å². The first-order valence-corrected chi connectivity index (χ1v) is 7.59. The van der Waals surface area contributed by atoms with Gasteiger partial charge in [0.05, 0.1) is 5.56 Å². The summed E-state index contributed by atoms with van der Waals surface area (Å²) in [6.07, 6.45) is -0.877. The zero-order valence-corrected chi connectivity index (χ0v) is 13.9. The van der Waals surface area contributed by atoms with Gasteiger partial charge in [0, 0.05) is 10.2 Å². The van der Waals surface area contributed by atoms with Gasteiger partial charge >= 0.3 is 5.97 Å². The van der Waals surface area contributed by atoms with Crippen LogP contribution in [0.3, 0.4) is 0 Å². The van der Waals surface area contributed by atoms with Crippen LogP contribution in [0.2, 0.25) is 0 Å². The van der Waals surface area contributed by atoms with Gasteiger partial charge in [0.2, 0.25) is 0 Å². The number of ether oxygens (including phenoxy) is 1. The van der Waals surface area contributed by atoms with Gasteiger partial charge in [-0.25, -0.2) is 4.79 Å². The van der Waals surface area contributed by atoms with Gasteiger partial charge in [-0.3, -0.25) is 4.79 Å². The Morgan fingerprint density at radius 1 is 1.05 bits per heavy atom. The Bertz CT molecular complexity index is 665. The number of esters is 1. The summed E-state index contributed by atoms with van der Waals surface area (Å²) < 4.78 is 6.04. The summed E-state index contributed by atoms with van der Waals surface area (Å²) in [7, 11) is 0. The van der Waals surface area contributed by atoms with Gasteiger partial charge in [0.25, 0.3) is 5.91 Å². The molecule has 0 saturated carbocycles. The molecule has 2 aromatic carbocycles. The van der Waals surface area contributed by atoms with Crippen LogP contribution in [-0.4, -0.2) is 18.0 Å². The van der Waals surface area contributed by atoms with Crippen molar-refractivity contribution in [2.24, 2.45) is 0 Å². The van der Waals surface area contributed by atoms with Gasteiger partial charge in [-0.05, 0) is 50.2 Å². The first-order chi connectivity index (χ1) is 10.5. The zero-order chi connectivity index (χ0) is 16.1. The molecule has 0 unspecified atom stereocenters. The molecule has 1 atom stereocenters. The van der Waals surface area contributed by atoms with E-state index in [1.165, 1.54) is 0 Å². The molecule has 0 fully saturated rings. The fraction of sp³-hybridized carbons (Fsp3) is 0.176. The van der Waals surface area contributed by atoms with Gasteiger partial charge in [0.1, 0.15) is 0 Å². The summed E-state index contributed by atoms with van der Waals surface area (Å²) in [6.45, 7) is 3.51. The van der Waals surface area contributed by atoms with Crippen molar-refractivity contribution in [1.82, 2.24) is 0 Å². The van der Waals surface area contributed by atoms with E-state index in [1.807, 2.05) is 19.1 Å². The van der Waals surface area contributed by atoms with Crippen molar-refractivity contribution in [2.75, 3.05) is 5.32 Å². The van der Waals surface area contributed by atoms with E-state index < -0.39 is 12.1 Å². The first-order valence-electron chi connectivity index (χ1n) is 6.80. The Kier molecular flexibility index (Phi) is 5.33. The number of rotatable bonds is 4. The van der Waals surface area contributed by atoms with E-state index >= 15 is 0 Å². The molecule has 0 spiro atoms. The van der Waals surface area contributed by atoms with Crippen LogP contribution in [0.5, 0.6) is 0 Å². The highest BCUT2D eigenvalue weighted by atomic mass is 79.9. The van der Waals surface area contributed by atoms with Crippen molar-refractivity contribution in [3.63, 3.8) is 0 Å². The number of hydrogen-bond acceptors (Lipinski definition) is 3. The van der Waals surface area contributed by atoms with Crippen LogP contribution in [0.25, 0.3) is 0 Å². The minimum absolute atomic E-state index is 0.366. The second-order valence-electron chi connectivity index (χ2n) is 4.91. The van der Waals surface area contributed by atoms with Crippen LogP contribution < -0.4 is 5.32 Å². The molecule has 0 aliphatic heterocycles. The van der Waals surface area contributed by atoms with E-state index in [0.717, 1.165) is 10.0 Å². The largest absolute Gasteiger partial charge is 0.449 e. The average molecular weight is 362 g/mol. The van der Waals surface area contributed by atoms with E-state index in [-0.39, 0.29) is 5.91 Å². The summed E-state index contributed by atoms with van der Waals surface area (Å²) in [4.78, 5) is 24.0. The molecule has 5 heteroatoms. The molecule has 22 heavy (non-hydrogen) atoms. The molecule has 0 bridgehead atoms. The highest BCUT2D eigenvalue weighted by Crippen LogP contribution is 2.13. The van der Waals surface area contributed by atoms with Crippen molar-refractivity contribution in [2.45, 2.75) is 20.0 Å². The number of benzene rings is 2. The van der Waals surface area contributed by atoms with Crippen LogP contribution in [0.15, 0.2) is 53.0 Å². The second kappa shape index (κ2) is 7.22. The molecule has 114 valence electrons. The third-order valence-electron chi connectivity index (χ3n) is 3.05. The van der Waals surface area contributed by atoms with Crippen LogP contribution in [0.4, 0.5) is 5.69 Å². The number of halogens is 1. The minimum Gasteiger partial charge on any atom is -0.449 e. The van der Waals surface area contributed by atoms with E-state index in [4.69, 9.17) is 4.74 Å². The average Bonchev–Trinajstić information content (AvgIpc) is 2.50. The van der Waals surface area contributed by atoms with Crippen molar-refractivity contribution < 1.29 is 14.3 Å². The fourth-order valence-electron chi connectivity index (χ4n) is 1.75. The quantitative estimate of drug-likeness (QED) is 0.839. The van der Waals surface area contributed by atoms with Crippen LogP contribution >= 0.6 is 15.9 Å². The lowest BCUT2D eigenvalue weighted by atomic mass is 10.2. The third-order valence-corrected chi connectivity index (χ3v) is 3.58. The maximum Gasteiger partial charge on any atom is 0.338 e. The maximum atomic E-state index is 12.0. The Labute approximate surface area is 137 Å². The summed E-state index contributed by atoms with van der Waals surface area (Å²) in [6, 6.07) is 14.2. The number of nitrogens with one attached hydrogen (secondary N) is 1. The lowest BCUT2D eigenvalue weighted by molar-refractivity contribution is -0.123. The van der Waals surface area contributed by atoms with Crippen molar-refractivity contribution in [1.29, 1.82) is 0 Å². The molecule has 2 rings (SSSR count). The normalized spacial score (nSPS) is 11.6. The zero-order valence-electron chi connectivity index (χ0n) is 12.3. The Morgan fingerprint density at radius 2 is 1.64 bits per heavy atom. The molecule has 1 N–H and O–H groups in total. The monoisotopic (exact) mass is 361 g/mol. The number of carbonyl (C=O) groups is 2. The minimum atomic E-state index is -0.877. The Balaban J connectivity index is 1.94. The summed E-state index contributed by atoms with van der Waals surface area (Å²) >= 11 is 3.29. The van der Waals surface area contributed by atoms with Gasteiger partial charge in [-0.2, -0.15) is 0 Å². The van der Waals surface area contributed by atoms with E-state index in [2.05, 4.69) is 21.2 Å². The predicted molar refractivity (Wildman–Crippen MR) is 88.8 cm³/mol. The molecular formula is C17H16BrNO3. The smallest absolute Gasteiger partial charge is 0.338 e. The van der Waals surface area contributed by atoms with Crippen molar-refractivity contribution in [3.05, 3.63) is 64.1 Å². The number of amides is 1. The molecule has 0 aromatic heterocycles. The molecule has 0 heterocycles. The second-order valence-corrected chi connectivity index (χ2v) is 5.83. The SMILES string of the molecule is Cc1ccc(NC(=O)[C@H](C)OC(=O)c2ccc(Br)cc2)cc1. The Morgan fingerprint density at radius 3 is 2.23 bits per heavy atom. The van der Waals surface area contributed by atoms with Crippen LogP contribution in [0, 0.1) is 6.92 Å². The van der Waals surface area contributed by atoms with E-state index in [9.17, 15) is 9.59 Å². The highest BCUT2D eigenvalue weighted by molar-refractivity contribution is 9.10. The Hall–Kier alpha value is -2.14. The highest BCUT2D eigenvalue weighted by Gasteiger charge is 2.18. The summed E-state index contributed by atoms with van der Waals surface area (Å²) in [5.74, 6) is -0.895. The number of anilines is 1. The van der Waals surface area contributed by atoms with Gasteiger partial charge in [-0.15, -0.1) is 0 Å². The standard InChI is InChI=1S/C17H16BrNO3/c1-11-3-9-15(10-4-11)19-16(20)12(2)22-17(21)13-5-7-14(18)8-6-13/h3-10,12H,1-2H3,(H,19,20)/t12-/m0/s1. The fourth-order valence-corrected chi connectivity index (χ4v) is 2.01. The molecule has 0 aliphatic rings. The summed E-state index contributed by atoms with van der Waals surface area (Å²) in [5, 5.41) is 2.71. The van der Waals surface area contributed by atoms with Gasteiger partial charge in [0.15, 0.2) is 6.10 Å². The molecule has 0 saturated heterocycles. The molecule has 2 aromatic rings. The number of carbonyl (C=O) groups excluding carboxylic acids is 2. The number of hydrogen-bond donors (Lipinski definition) is 1. The predicted octanol–water partition coefficient (Wildman–Crippen LogP) is 3.94. The van der Waals surface area contributed by atoms with Crippen molar-refractivity contribution in [3.8, 4) is 0 Å². The molecule has 4 nitrogen and oxygen atoms in total. The number of aryl methyl sites for hydroxylation is 1. The molecule has 0 aliphatic carbocycles. The summed E-state index contributed by atoms with van der Waals surface area (Å²) in [5.41, 5.74) is 2.17. The van der Waals surface area contributed by atoms with Crippen LogP contribution in [0.1, 0.15) is 22.8 Å². The lowest BCUT2D eigenvalue weighted by Gasteiger charge is -2.13. The van der Waals surface area contributed by atoms with Gasteiger partial charge < -0.3 is 10.1 Å². The van der Waals surface area contributed by atoms with Crippen molar-refractivity contribution >= 4 is 33.5 Å². The topological polar surface area (TPSA) is 55.4 Å². The molecular weight excluding hydrogens is 346 g/mol. The maximum absolute atomic E-state index is 12.0. The lowest BCUT2D eigenvalue weighted by Crippen LogP contribution is -2.29. The third kappa shape index (κ3) is 4.43.